The Morgan fingerprint density at radius 2 is 2.08 bits per heavy atom. The summed E-state index contributed by atoms with van der Waals surface area (Å²) in [7, 11) is 0. The summed E-state index contributed by atoms with van der Waals surface area (Å²) in [6, 6.07) is 5.51. The van der Waals surface area contributed by atoms with Crippen molar-refractivity contribution in [2.24, 2.45) is 0 Å². The van der Waals surface area contributed by atoms with Crippen LogP contribution in [-0.4, -0.2) is 29.2 Å². The van der Waals surface area contributed by atoms with Gasteiger partial charge in [-0.1, -0.05) is 11.8 Å². The van der Waals surface area contributed by atoms with E-state index in [2.05, 4.69) is 16.4 Å². The number of nitrogens with zero attached hydrogens (tertiary/aromatic N) is 2. The fourth-order valence-corrected chi connectivity index (χ4v) is 4.07. The summed E-state index contributed by atoms with van der Waals surface area (Å²) in [5.74, 6) is -0.623. The number of anilines is 1. The molecule has 136 valence electrons. The average molecular weight is 390 g/mol. The van der Waals surface area contributed by atoms with E-state index in [-0.39, 0.29) is 18.3 Å². The van der Waals surface area contributed by atoms with Crippen LogP contribution in [0.4, 0.5) is 5.00 Å². The quantitative estimate of drug-likeness (QED) is 0.596. The van der Waals surface area contributed by atoms with Crippen molar-refractivity contribution >= 4 is 40.0 Å². The predicted molar refractivity (Wildman–Crippen MR) is 103 cm³/mol. The second-order valence-corrected chi connectivity index (χ2v) is 7.65. The van der Waals surface area contributed by atoms with Gasteiger partial charge in [0.15, 0.2) is 0 Å². The minimum Gasteiger partial charge on any atom is -0.462 e. The molecule has 0 aromatic carbocycles. The Morgan fingerprint density at radius 1 is 1.35 bits per heavy atom. The van der Waals surface area contributed by atoms with Crippen molar-refractivity contribution in [2.75, 3.05) is 17.7 Å². The van der Waals surface area contributed by atoms with Gasteiger partial charge in [0.2, 0.25) is 5.91 Å². The second-order valence-electron chi connectivity index (χ2n) is 5.46. The minimum absolute atomic E-state index is 0.0867. The molecule has 0 atom stereocenters. The molecule has 0 saturated carbocycles. The van der Waals surface area contributed by atoms with Crippen LogP contribution in [0.2, 0.25) is 0 Å². The Labute approximate surface area is 160 Å². The van der Waals surface area contributed by atoms with E-state index < -0.39 is 5.97 Å². The second kappa shape index (κ2) is 8.83. The molecule has 0 radical (unpaired) electrons. The van der Waals surface area contributed by atoms with Gasteiger partial charge in [-0.05, 0) is 45.4 Å². The minimum atomic E-state index is -0.440. The maximum absolute atomic E-state index is 12.3. The Kier molecular flexibility index (Phi) is 6.77. The fraction of sp³-hybridized carbons (Fsp3) is 0.333. The highest BCUT2D eigenvalue weighted by molar-refractivity contribution is 8.00. The number of nitriles is 1. The van der Waals surface area contributed by atoms with E-state index in [1.54, 1.807) is 19.1 Å². The number of thioether (sulfide) groups is 1. The summed E-state index contributed by atoms with van der Waals surface area (Å²) in [5.41, 5.74) is 2.42. The maximum Gasteiger partial charge on any atom is 0.341 e. The Balaban J connectivity index is 2.12. The molecule has 8 heteroatoms. The molecule has 2 rings (SSSR count). The Hall–Kier alpha value is -2.37. The van der Waals surface area contributed by atoms with Crippen molar-refractivity contribution in [3.63, 3.8) is 0 Å². The van der Waals surface area contributed by atoms with Gasteiger partial charge >= 0.3 is 5.97 Å². The van der Waals surface area contributed by atoms with Crippen LogP contribution < -0.4 is 5.32 Å². The number of aryl methyl sites for hydroxylation is 2. The lowest BCUT2D eigenvalue weighted by Gasteiger charge is -2.07. The highest BCUT2D eigenvalue weighted by atomic mass is 32.2. The molecule has 0 spiro atoms. The van der Waals surface area contributed by atoms with Gasteiger partial charge < -0.3 is 10.1 Å². The zero-order valence-electron chi connectivity index (χ0n) is 15.0. The van der Waals surface area contributed by atoms with E-state index >= 15 is 0 Å². The van der Waals surface area contributed by atoms with Gasteiger partial charge in [-0.25, -0.2) is 9.78 Å². The number of ether oxygens (including phenoxy) is 1. The highest BCUT2D eigenvalue weighted by Crippen LogP contribution is 2.33. The van der Waals surface area contributed by atoms with Crippen LogP contribution in [0, 0.1) is 32.1 Å². The number of esters is 1. The van der Waals surface area contributed by atoms with Gasteiger partial charge in [-0.2, -0.15) is 5.26 Å². The van der Waals surface area contributed by atoms with E-state index in [4.69, 9.17) is 10.00 Å². The predicted octanol–water partition coefficient (Wildman–Crippen LogP) is 3.85. The summed E-state index contributed by atoms with van der Waals surface area (Å²) in [4.78, 5) is 29.7. The highest BCUT2D eigenvalue weighted by Gasteiger charge is 2.22. The zero-order valence-corrected chi connectivity index (χ0v) is 16.6. The summed E-state index contributed by atoms with van der Waals surface area (Å²) in [6.45, 7) is 7.56. The first-order valence-electron chi connectivity index (χ1n) is 7.94. The molecule has 0 aliphatic heterocycles. The number of rotatable bonds is 6. The number of thiophene rings is 1. The molecule has 2 aromatic rings. The molecule has 6 nitrogen and oxygen atoms in total. The molecule has 0 unspecified atom stereocenters. The third-order valence-corrected chi connectivity index (χ3v) is 5.69. The number of hydrogen-bond donors (Lipinski definition) is 1. The van der Waals surface area contributed by atoms with Gasteiger partial charge in [0.1, 0.15) is 16.1 Å². The van der Waals surface area contributed by atoms with Crippen LogP contribution in [0.15, 0.2) is 17.2 Å². The Bertz CT molecular complexity index is 885. The van der Waals surface area contributed by atoms with Crippen LogP contribution in [0.1, 0.15) is 39.0 Å². The van der Waals surface area contributed by atoms with Crippen LogP contribution in [0.5, 0.6) is 0 Å². The molecule has 0 aliphatic carbocycles. The van der Waals surface area contributed by atoms with Crippen molar-refractivity contribution in [2.45, 2.75) is 32.7 Å². The molecule has 0 aliphatic rings. The number of pyridine rings is 1. The molecule has 26 heavy (non-hydrogen) atoms. The normalized spacial score (nSPS) is 10.3. The van der Waals surface area contributed by atoms with E-state index in [0.29, 0.717) is 21.2 Å². The smallest absolute Gasteiger partial charge is 0.341 e. The molecule has 1 N–H and O–H groups in total. The number of hydrogen-bond acceptors (Lipinski definition) is 7. The van der Waals surface area contributed by atoms with Crippen LogP contribution in [0.3, 0.4) is 0 Å². The number of carbonyl (C=O) groups excluding carboxylic acids is 2. The van der Waals surface area contributed by atoms with Crippen molar-refractivity contribution < 1.29 is 14.3 Å². The molecule has 1 amide bonds. The van der Waals surface area contributed by atoms with Crippen molar-refractivity contribution in [3.05, 3.63) is 39.4 Å². The molecule has 0 saturated heterocycles. The van der Waals surface area contributed by atoms with Crippen LogP contribution in [-0.2, 0) is 9.53 Å². The van der Waals surface area contributed by atoms with E-state index in [9.17, 15) is 9.59 Å². The molecule has 0 fully saturated rings. The SMILES string of the molecule is CCOC(=O)c1c(NC(=O)CSc2nc(C)ccc2C#N)sc(C)c1C. The van der Waals surface area contributed by atoms with Crippen molar-refractivity contribution in [1.82, 2.24) is 4.98 Å². The van der Waals surface area contributed by atoms with E-state index in [1.165, 1.54) is 23.1 Å². The number of carbonyl (C=O) groups is 2. The van der Waals surface area contributed by atoms with E-state index in [1.807, 2.05) is 20.8 Å². The lowest BCUT2D eigenvalue weighted by atomic mass is 10.1. The molecular formula is C18H19N3O3S2. The monoisotopic (exact) mass is 389 g/mol. The summed E-state index contributed by atoms with van der Waals surface area (Å²) >= 11 is 2.54. The van der Waals surface area contributed by atoms with Gasteiger partial charge in [0, 0.05) is 10.6 Å². The lowest BCUT2D eigenvalue weighted by molar-refractivity contribution is -0.113. The zero-order chi connectivity index (χ0) is 19.3. The summed E-state index contributed by atoms with van der Waals surface area (Å²) < 4.78 is 5.08. The largest absolute Gasteiger partial charge is 0.462 e. The van der Waals surface area contributed by atoms with Crippen molar-refractivity contribution in [1.29, 1.82) is 5.26 Å². The first-order valence-corrected chi connectivity index (χ1v) is 9.75. The number of amides is 1. The van der Waals surface area contributed by atoms with Gasteiger partial charge in [-0.15, -0.1) is 11.3 Å². The molecular weight excluding hydrogens is 370 g/mol. The summed E-state index contributed by atoms with van der Waals surface area (Å²) in [5, 5.41) is 12.9. The Morgan fingerprint density at radius 3 is 2.73 bits per heavy atom. The number of aromatic nitrogens is 1. The van der Waals surface area contributed by atoms with Gasteiger partial charge in [0.05, 0.1) is 23.5 Å². The lowest BCUT2D eigenvalue weighted by Crippen LogP contribution is -2.16. The van der Waals surface area contributed by atoms with Crippen LogP contribution >= 0.6 is 23.1 Å². The molecule has 2 heterocycles. The van der Waals surface area contributed by atoms with Crippen LogP contribution in [0.25, 0.3) is 0 Å². The maximum atomic E-state index is 12.3. The first kappa shape index (κ1) is 19.9. The first-order chi connectivity index (χ1) is 12.4. The van der Waals surface area contributed by atoms with E-state index in [0.717, 1.165) is 16.1 Å². The van der Waals surface area contributed by atoms with Crippen molar-refractivity contribution in [3.8, 4) is 6.07 Å². The topological polar surface area (TPSA) is 92.1 Å². The third-order valence-electron chi connectivity index (χ3n) is 3.58. The third kappa shape index (κ3) is 4.62. The van der Waals surface area contributed by atoms with Gasteiger partial charge in [0.25, 0.3) is 0 Å². The molecule has 2 aromatic heterocycles. The standard InChI is InChI=1S/C18H19N3O3S2/c1-5-24-18(23)15-11(3)12(4)26-17(15)21-14(22)9-25-16-13(8-19)7-6-10(2)20-16/h6-7H,5,9H2,1-4H3,(H,21,22). The number of nitrogens with one attached hydrogen (secondary N) is 1. The molecule has 0 bridgehead atoms. The fourth-order valence-electron chi connectivity index (χ4n) is 2.19. The summed E-state index contributed by atoms with van der Waals surface area (Å²) in [6.07, 6.45) is 0. The average Bonchev–Trinajstić information content (AvgIpc) is 2.87. The van der Waals surface area contributed by atoms with Gasteiger partial charge in [-0.3, -0.25) is 4.79 Å².